The molecule has 6 heteroatoms. The van der Waals surface area contributed by atoms with Gasteiger partial charge in [-0.3, -0.25) is 4.79 Å². The van der Waals surface area contributed by atoms with Gasteiger partial charge in [0.2, 0.25) is 0 Å². The molecule has 1 N–H and O–H groups in total. The number of hydrogen-bond acceptors (Lipinski definition) is 3. The highest BCUT2D eigenvalue weighted by atomic mass is 35.5. The first-order valence-corrected chi connectivity index (χ1v) is 7.09. The molecule has 0 fully saturated rings. The lowest BCUT2D eigenvalue weighted by molar-refractivity contribution is 0.0951. The second-order valence-corrected chi connectivity index (χ2v) is 5.58. The quantitative estimate of drug-likeness (QED) is 0.926. The Bertz CT molecular complexity index is 561. The zero-order chi connectivity index (χ0) is 13.8. The topological polar surface area (TPSA) is 38.3 Å². The lowest BCUT2D eigenvalue weighted by Gasteiger charge is -2.09. The summed E-state index contributed by atoms with van der Waals surface area (Å²) in [5, 5.41) is 5.40. The Morgan fingerprint density at radius 2 is 2.05 bits per heavy atom. The van der Waals surface area contributed by atoms with Crippen LogP contribution in [0.25, 0.3) is 0 Å². The number of hydrogen-bond donors (Lipinski definition) is 1. The van der Waals surface area contributed by atoms with Crippen molar-refractivity contribution in [1.29, 1.82) is 0 Å². The normalized spacial score (nSPS) is 10.3. The van der Waals surface area contributed by atoms with E-state index < -0.39 is 0 Å². The Morgan fingerprint density at radius 1 is 1.37 bits per heavy atom. The molecular formula is C13H11Cl2NO2S. The number of amides is 1. The standard InChI is InChI=1S/C13H11Cl2NO2S/c1-18-12-10(14)5-8(6-11(12)15)13(17)16-7-9-3-2-4-19-9/h2-6H,7H2,1H3,(H,16,17). The van der Waals surface area contributed by atoms with Gasteiger partial charge in [0.1, 0.15) is 0 Å². The number of carbonyl (C=O) groups excluding carboxylic acids is 1. The predicted octanol–water partition coefficient (Wildman–Crippen LogP) is 3.99. The summed E-state index contributed by atoms with van der Waals surface area (Å²) >= 11 is 13.6. The summed E-state index contributed by atoms with van der Waals surface area (Å²) in [5.74, 6) is 0.151. The summed E-state index contributed by atoms with van der Waals surface area (Å²) < 4.78 is 5.04. The van der Waals surface area contributed by atoms with Crippen molar-refractivity contribution in [2.45, 2.75) is 6.54 Å². The van der Waals surface area contributed by atoms with Crippen LogP contribution in [0.4, 0.5) is 0 Å². The minimum Gasteiger partial charge on any atom is -0.494 e. The Balaban J connectivity index is 2.11. The summed E-state index contributed by atoms with van der Waals surface area (Å²) in [6.45, 7) is 0.484. The first-order valence-electron chi connectivity index (χ1n) is 5.45. The third-order valence-corrected chi connectivity index (χ3v) is 3.91. The smallest absolute Gasteiger partial charge is 0.251 e. The van der Waals surface area contributed by atoms with Gasteiger partial charge in [0.25, 0.3) is 5.91 Å². The lowest BCUT2D eigenvalue weighted by Crippen LogP contribution is -2.22. The molecule has 0 saturated carbocycles. The van der Waals surface area contributed by atoms with Crippen LogP contribution in [0, 0.1) is 0 Å². The number of halogens is 2. The molecule has 0 unspecified atom stereocenters. The molecule has 3 nitrogen and oxygen atoms in total. The number of nitrogens with one attached hydrogen (secondary N) is 1. The maximum atomic E-state index is 12.0. The van der Waals surface area contributed by atoms with Crippen LogP contribution in [-0.2, 0) is 6.54 Å². The minimum atomic E-state index is -0.222. The van der Waals surface area contributed by atoms with Gasteiger partial charge < -0.3 is 10.1 Å². The van der Waals surface area contributed by atoms with Crippen molar-refractivity contribution in [3.63, 3.8) is 0 Å². The van der Waals surface area contributed by atoms with E-state index in [2.05, 4.69) is 5.32 Å². The van der Waals surface area contributed by atoms with Crippen LogP contribution >= 0.6 is 34.5 Å². The molecule has 0 radical (unpaired) electrons. The van der Waals surface area contributed by atoms with Crippen LogP contribution in [0.1, 0.15) is 15.2 Å². The maximum absolute atomic E-state index is 12.0. The van der Waals surface area contributed by atoms with Gasteiger partial charge in [0, 0.05) is 10.4 Å². The van der Waals surface area contributed by atoms with Gasteiger partial charge >= 0.3 is 0 Å². The third-order valence-electron chi connectivity index (χ3n) is 2.47. The SMILES string of the molecule is COc1c(Cl)cc(C(=O)NCc2cccs2)cc1Cl. The first kappa shape index (κ1) is 14.2. The molecule has 19 heavy (non-hydrogen) atoms. The Labute approximate surface area is 125 Å². The van der Waals surface area contributed by atoms with Crippen LogP contribution < -0.4 is 10.1 Å². The van der Waals surface area contributed by atoms with Gasteiger partial charge in [0.15, 0.2) is 5.75 Å². The number of ether oxygens (including phenoxy) is 1. The highest BCUT2D eigenvalue weighted by molar-refractivity contribution is 7.09. The number of thiophene rings is 1. The zero-order valence-corrected chi connectivity index (χ0v) is 12.4. The molecule has 2 rings (SSSR count). The minimum absolute atomic E-state index is 0.222. The molecule has 1 aromatic heterocycles. The van der Waals surface area contributed by atoms with Crippen molar-refractivity contribution in [2.24, 2.45) is 0 Å². The van der Waals surface area contributed by atoms with Crippen LogP contribution in [0.2, 0.25) is 10.0 Å². The highest BCUT2D eigenvalue weighted by Crippen LogP contribution is 2.33. The molecule has 0 aliphatic rings. The summed E-state index contributed by atoms with van der Waals surface area (Å²) in [7, 11) is 1.48. The molecule has 0 aliphatic carbocycles. The zero-order valence-electron chi connectivity index (χ0n) is 10.1. The Kier molecular flexibility index (Phi) is 4.69. The average molecular weight is 316 g/mol. The van der Waals surface area contributed by atoms with Crippen LogP contribution in [0.5, 0.6) is 5.75 Å². The molecule has 0 atom stereocenters. The summed E-state index contributed by atoms with van der Waals surface area (Å²) in [6.07, 6.45) is 0. The van der Waals surface area contributed by atoms with E-state index in [1.54, 1.807) is 11.3 Å². The van der Waals surface area contributed by atoms with Gasteiger partial charge in [0.05, 0.1) is 23.7 Å². The van der Waals surface area contributed by atoms with Crippen LogP contribution in [-0.4, -0.2) is 13.0 Å². The molecular weight excluding hydrogens is 305 g/mol. The number of rotatable bonds is 4. The molecule has 0 spiro atoms. The fourth-order valence-electron chi connectivity index (χ4n) is 1.57. The Hall–Kier alpha value is -1.23. The monoisotopic (exact) mass is 315 g/mol. The largest absolute Gasteiger partial charge is 0.494 e. The molecule has 1 amide bonds. The maximum Gasteiger partial charge on any atom is 0.251 e. The lowest BCUT2D eigenvalue weighted by atomic mass is 10.2. The second-order valence-electron chi connectivity index (χ2n) is 3.74. The summed E-state index contributed by atoms with van der Waals surface area (Å²) in [5.41, 5.74) is 0.410. The van der Waals surface area contributed by atoms with E-state index in [4.69, 9.17) is 27.9 Å². The fraction of sp³-hybridized carbons (Fsp3) is 0.154. The van der Waals surface area contributed by atoms with Gasteiger partial charge in [-0.15, -0.1) is 11.3 Å². The summed E-state index contributed by atoms with van der Waals surface area (Å²) in [6, 6.07) is 6.97. The Morgan fingerprint density at radius 3 is 2.58 bits per heavy atom. The van der Waals surface area contributed by atoms with Crippen molar-refractivity contribution in [3.8, 4) is 5.75 Å². The third kappa shape index (κ3) is 3.41. The van der Waals surface area contributed by atoms with Crippen molar-refractivity contribution >= 4 is 40.4 Å². The van der Waals surface area contributed by atoms with E-state index in [0.29, 0.717) is 27.9 Å². The van der Waals surface area contributed by atoms with Gasteiger partial charge in [-0.2, -0.15) is 0 Å². The predicted molar refractivity (Wildman–Crippen MR) is 78.5 cm³/mol. The molecule has 0 bridgehead atoms. The van der Waals surface area contributed by atoms with E-state index in [1.807, 2.05) is 17.5 Å². The number of benzene rings is 1. The van der Waals surface area contributed by atoms with Crippen molar-refractivity contribution < 1.29 is 9.53 Å². The molecule has 0 saturated heterocycles. The molecule has 0 aliphatic heterocycles. The van der Waals surface area contributed by atoms with Gasteiger partial charge in [-0.25, -0.2) is 0 Å². The number of carbonyl (C=O) groups is 1. The number of methoxy groups -OCH3 is 1. The molecule has 1 aromatic carbocycles. The summed E-state index contributed by atoms with van der Waals surface area (Å²) in [4.78, 5) is 13.1. The van der Waals surface area contributed by atoms with Crippen molar-refractivity contribution in [1.82, 2.24) is 5.32 Å². The first-order chi connectivity index (χ1) is 9.11. The fourth-order valence-corrected chi connectivity index (χ4v) is 2.85. The van der Waals surface area contributed by atoms with E-state index in [0.717, 1.165) is 4.88 Å². The molecule has 100 valence electrons. The van der Waals surface area contributed by atoms with E-state index in [-0.39, 0.29) is 5.91 Å². The van der Waals surface area contributed by atoms with E-state index in [1.165, 1.54) is 19.2 Å². The highest BCUT2D eigenvalue weighted by Gasteiger charge is 2.13. The van der Waals surface area contributed by atoms with Gasteiger partial charge in [-0.05, 0) is 23.6 Å². The average Bonchev–Trinajstić information content (AvgIpc) is 2.88. The second kappa shape index (κ2) is 6.28. The molecule has 2 aromatic rings. The van der Waals surface area contributed by atoms with E-state index in [9.17, 15) is 4.79 Å². The van der Waals surface area contributed by atoms with E-state index >= 15 is 0 Å². The van der Waals surface area contributed by atoms with Crippen LogP contribution in [0.15, 0.2) is 29.6 Å². The molecule has 1 heterocycles. The van der Waals surface area contributed by atoms with Gasteiger partial charge in [-0.1, -0.05) is 29.3 Å². The van der Waals surface area contributed by atoms with Crippen molar-refractivity contribution in [2.75, 3.05) is 7.11 Å². The van der Waals surface area contributed by atoms with Crippen molar-refractivity contribution in [3.05, 3.63) is 50.1 Å². The van der Waals surface area contributed by atoms with Crippen LogP contribution in [0.3, 0.4) is 0 Å².